The summed E-state index contributed by atoms with van der Waals surface area (Å²) in [6.45, 7) is -0.523. The first-order valence-electron chi connectivity index (χ1n) is 14.1. The van der Waals surface area contributed by atoms with Crippen LogP contribution in [0.1, 0.15) is 0 Å². The Bertz CT molecular complexity index is 1090. The number of hydrogen-bond donors (Lipinski definition) is 0. The highest BCUT2D eigenvalue weighted by Crippen LogP contribution is 2.22. The third kappa shape index (κ3) is 8.72. The van der Waals surface area contributed by atoms with Crippen LogP contribution in [-0.4, -0.2) is 146 Å². The molecule has 4 heterocycles. The largest absolute Gasteiger partial charge is 0.379 e. The number of nitrogens with zero attached hydrogens (tertiary/aromatic N) is 4. The molecule has 16 nitrogen and oxygen atoms in total. The molecule has 0 saturated carbocycles. The minimum atomic E-state index is -1.07. The lowest BCUT2D eigenvalue weighted by atomic mass is 9.92. The van der Waals surface area contributed by atoms with Gasteiger partial charge < -0.3 is 18.9 Å². The van der Waals surface area contributed by atoms with Crippen molar-refractivity contribution in [2.24, 2.45) is 5.41 Å². The fourth-order valence-electron chi connectivity index (χ4n) is 4.63. The Morgan fingerprint density at radius 2 is 0.533 bits per heavy atom. The van der Waals surface area contributed by atoms with Crippen molar-refractivity contribution in [2.45, 2.75) is 0 Å². The van der Waals surface area contributed by atoms with Crippen LogP contribution in [0.15, 0.2) is 48.6 Å². The molecule has 4 aliphatic heterocycles. The number of ether oxygens (including phenoxy) is 4. The molecule has 0 radical (unpaired) electrons. The van der Waals surface area contributed by atoms with Crippen LogP contribution in [0.3, 0.4) is 0 Å². The summed E-state index contributed by atoms with van der Waals surface area (Å²) in [5.74, 6) is -3.73. The van der Waals surface area contributed by atoms with Gasteiger partial charge >= 0.3 is 0 Å². The highest BCUT2D eigenvalue weighted by Gasteiger charge is 2.34. The molecule has 4 aliphatic rings. The second-order valence-electron chi connectivity index (χ2n) is 10.4. The summed E-state index contributed by atoms with van der Waals surface area (Å²) in [6.07, 6.45) is 9.26. The molecular weight excluding hydrogens is 596 g/mol. The highest BCUT2D eigenvalue weighted by molar-refractivity contribution is 6.14. The standard InChI is InChI=1S/C29H32N4O12/c34-21-1-2-22(35)30(21)9-13-42-17-29(18-43-14-10-31-23(36)3-4-24(31)37,19-44-15-11-32-25(38)5-6-26(32)39)20-45-16-12-33-27(40)7-8-28(33)41/h1-8H,9-20H2. The number of carbonyl (C=O) groups is 8. The van der Waals surface area contributed by atoms with Gasteiger partial charge in [0, 0.05) is 48.6 Å². The maximum Gasteiger partial charge on any atom is 0.253 e. The third-order valence-corrected chi connectivity index (χ3v) is 7.07. The molecule has 240 valence electrons. The predicted molar refractivity (Wildman–Crippen MR) is 149 cm³/mol. The van der Waals surface area contributed by atoms with E-state index in [1.165, 1.54) is 0 Å². The van der Waals surface area contributed by atoms with E-state index in [4.69, 9.17) is 18.9 Å². The van der Waals surface area contributed by atoms with Gasteiger partial charge in [-0.25, -0.2) is 0 Å². The zero-order chi connectivity index (χ0) is 32.4. The van der Waals surface area contributed by atoms with Gasteiger partial charge in [0.05, 0.1) is 84.4 Å². The van der Waals surface area contributed by atoms with E-state index < -0.39 is 52.7 Å². The molecule has 0 fully saturated rings. The fraction of sp³-hybridized carbons (Fsp3) is 0.448. The first-order valence-corrected chi connectivity index (χ1v) is 14.1. The van der Waals surface area contributed by atoms with Gasteiger partial charge in [-0.05, 0) is 0 Å². The van der Waals surface area contributed by atoms with Crippen LogP contribution < -0.4 is 0 Å². The van der Waals surface area contributed by atoms with E-state index in [9.17, 15) is 38.4 Å². The summed E-state index contributed by atoms with van der Waals surface area (Å²) in [5, 5.41) is 0. The third-order valence-electron chi connectivity index (χ3n) is 7.07. The molecule has 0 aromatic heterocycles. The Hall–Kier alpha value is -4.64. The molecule has 45 heavy (non-hydrogen) atoms. The maximum atomic E-state index is 11.9. The van der Waals surface area contributed by atoms with Crippen LogP contribution in [-0.2, 0) is 57.3 Å². The molecule has 0 aromatic carbocycles. The SMILES string of the molecule is O=C1C=CC(=O)N1CCOCC(COCCN1C(=O)C=CC1=O)(COCCN1C(=O)C=CC1=O)COCCN1C(=O)C=CC1=O. The first-order chi connectivity index (χ1) is 21.6. The normalized spacial score (nSPS) is 18.1. The molecule has 0 aliphatic carbocycles. The van der Waals surface area contributed by atoms with Crippen LogP contribution in [0, 0.1) is 5.41 Å². The molecule has 4 rings (SSSR count). The number of carbonyl (C=O) groups excluding carboxylic acids is 8. The molecule has 8 amide bonds. The Morgan fingerprint density at radius 3 is 0.711 bits per heavy atom. The molecular formula is C29H32N4O12. The maximum absolute atomic E-state index is 11.9. The topological polar surface area (TPSA) is 186 Å². The second-order valence-corrected chi connectivity index (χ2v) is 10.4. The summed E-state index contributed by atoms with van der Waals surface area (Å²) in [6, 6.07) is 0. The lowest BCUT2D eigenvalue weighted by Crippen LogP contribution is -2.44. The van der Waals surface area contributed by atoms with Crippen LogP contribution in [0.4, 0.5) is 0 Å². The minimum absolute atomic E-state index is 0.0200. The highest BCUT2D eigenvalue weighted by atomic mass is 16.5. The van der Waals surface area contributed by atoms with Gasteiger partial charge in [-0.15, -0.1) is 0 Å². The predicted octanol–water partition coefficient (Wildman–Crippen LogP) is -2.26. The van der Waals surface area contributed by atoms with Crippen LogP contribution >= 0.6 is 0 Å². The molecule has 16 heteroatoms. The Labute approximate surface area is 257 Å². The van der Waals surface area contributed by atoms with Gasteiger partial charge in [-0.1, -0.05) is 0 Å². The lowest BCUT2D eigenvalue weighted by Gasteiger charge is -2.33. The average Bonchev–Trinajstić information content (AvgIpc) is 3.72. The average molecular weight is 629 g/mol. The number of hydrogen-bond acceptors (Lipinski definition) is 12. The Kier molecular flexibility index (Phi) is 11.4. The molecule has 0 saturated heterocycles. The second kappa shape index (κ2) is 15.4. The van der Waals surface area contributed by atoms with E-state index in [1.54, 1.807) is 0 Å². The van der Waals surface area contributed by atoms with Crippen molar-refractivity contribution in [1.82, 2.24) is 19.6 Å². The molecule has 0 N–H and O–H groups in total. The molecule has 0 bridgehead atoms. The summed E-state index contributed by atoms with van der Waals surface area (Å²) < 4.78 is 23.4. The Balaban J connectivity index is 1.38. The number of imide groups is 4. The number of rotatable bonds is 20. The van der Waals surface area contributed by atoms with Gasteiger partial charge in [0.2, 0.25) is 0 Å². The minimum Gasteiger partial charge on any atom is -0.379 e. The van der Waals surface area contributed by atoms with Gasteiger partial charge in [0.15, 0.2) is 0 Å². The monoisotopic (exact) mass is 628 g/mol. The van der Waals surface area contributed by atoms with E-state index in [1.807, 2.05) is 0 Å². The van der Waals surface area contributed by atoms with E-state index in [0.717, 1.165) is 68.2 Å². The first kappa shape index (κ1) is 33.3. The summed E-state index contributed by atoms with van der Waals surface area (Å²) in [7, 11) is 0. The summed E-state index contributed by atoms with van der Waals surface area (Å²) in [5.41, 5.74) is -1.07. The zero-order valence-electron chi connectivity index (χ0n) is 24.3. The van der Waals surface area contributed by atoms with E-state index in [0.29, 0.717) is 0 Å². The lowest BCUT2D eigenvalue weighted by molar-refractivity contribution is -0.139. The molecule has 0 unspecified atom stereocenters. The van der Waals surface area contributed by atoms with Crippen molar-refractivity contribution < 1.29 is 57.3 Å². The molecule has 0 atom stereocenters. The summed E-state index contributed by atoms with van der Waals surface area (Å²) >= 11 is 0. The molecule has 0 spiro atoms. The Morgan fingerprint density at radius 1 is 0.356 bits per heavy atom. The van der Waals surface area contributed by atoms with Crippen molar-refractivity contribution in [1.29, 1.82) is 0 Å². The van der Waals surface area contributed by atoms with Crippen LogP contribution in [0.25, 0.3) is 0 Å². The quantitative estimate of drug-likeness (QED) is 0.104. The van der Waals surface area contributed by atoms with Crippen molar-refractivity contribution in [3.05, 3.63) is 48.6 Å². The smallest absolute Gasteiger partial charge is 0.253 e. The van der Waals surface area contributed by atoms with Crippen molar-refractivity contribution in [3.8, 4) is 0 Å². The van der Waals surface area contributed by atoms with Gasteiger partial charge in [0.25, 0.3) is 47.3 Å². The molecule has 0 aromatic rings. The van der Waals surface area contributed by atoms with Crippen LogP contribution in [0.5, 0.6) is 0 Å². The van der Waals surface area contributed by atoms with Gasteiger partial charge in [-0.3, -0.25) is 58.0 Å². The van der Waals surface area contributed by atoms with Gasteiger partial charge in [0.1, 0.15) is 0 Å². The van der Waals surface area contributed by atoms with Crippen molar-refractivity contribution in [2.75, 3.05) is 79.0 Å². The van der Waals surface area contributed by atoms with E-state index >= 15 is 0 Å². The van der Waals surface area contributed by atoms with Crippen molar-refractivity contribution in [3.63, 3.8) is 0 Å². The van der Waals surface area contributed by atoms with Crippen LogP contribution in [0.2, 0.25) is 0 Å². The van der Waals surface area contributed by atoms with Crippen molar-refractivity contribution >= 4 is 47.3 Å². The summed E-state index contributed by atoms with van der Waals surface area (Å²) in [4.78, 5) is 99.2. The van der Waals surface area contributed by atoms with E-state index in [-0.39, 0.29) is 79.0 Å². The zero-order valence-corrected chi connectivity index (χ0v) is 24.3. The number of amides is 8. The fourth-order valence-corrected chi connectivity index (χ4v) is 4.63. The van der Waals surface area contributed by atoms with Gasteiger partial charge in [-0.2, -0.15) is 0 Å². The van der Waals surface area contributed by atoms with E-state index in [2.05, 4.69) is 0 Å².